The van der Waals surface area contributed by atoms with E-state index in [1.165, 1.54) is 18.4 Å². The van der Waals surface area contributed by atoms with Gasteiger partial charge in [-0.2, -0.15) is 0 Å². The normalized spacial score (nSPS) is 16.1. The highest BCUT2D eigenvalue weighted by molar-refractivity contribution is 5.91. The first-order valence-corrected chi connectivity index (χ1v) is 5.04. The van der Waals surface area contributed by atoms with Gasteiger partial charge in [0, 0.05) is 0 Å². The Morgan fingerprint density at radius 2 is 2.21 bits per heavy atom. The summed E-state index contributed by atoms with van der Waals surface area (Å²) in [6.07, 6.45) is 6.14. The summed E-state index contributed by atoms with van der Waals surface area (Å²) in [4.78, 5) is 10.8. The van der Waals surface area contributed by atoms with Crippen LogP contribution in [0.2, 0.25) is 0 Å². The van der Waals surface area contributed by atoms with Crippen molar-refractivity contribution in [1.82, 2.24) is 0 Å². The van der Waals surface area contributed by atoms with Crippen LogP contribution in [0.3, 0.4) is 0 Å². The molecule has 1 heteroatoms. The van der Waals surface area contributed by atoms with Crippen molar-refractivity contribution in [2.75, 3.05) is 0 Å². The van der Waals surface area contributed by atoms with Gasteiger partial charge >= 0.3 is 0 Å². The van der Waals surface area contributed by atoms with E-state index in [4.69, 9.17) is 0 Å². The van der Waals surface area contributed by atoms with Crippen LogP contribution >= 0.6 is 0 Å². The van der Waals surface area contributed by atoms with Gasteiger partial charge in [-0.15, -0.1) is 0 Å². The van der Waals surface area contributed by atoms with Crippen LogP contribution in [0.25, 0.3) is 6.08 Å². The maximum absolute atomic E-state index is 10.8. The zero-order valence-corrected chi connectivity index (χ0v) is 8.36. The zero-order valence-electron chi connectivity index (χ0n) is 8.36. The van der Waals surface area contributed by atoms with E-state index in [1.807, 2.05) is 12.1 Å². The molecule has 1 aromatic rings. The molecule has 1 saturated carbocycles. The minimum absolute atomic E-state index is 0.0989. The highest BCUT2D eigenvalue weighted by atomic mass is 16.1. The second kappa shape index (κ2) is 3.79. The average molecular weight is 186 g/mol. The summed E-state index contributed by atoms with van der Waals surface area (Å²) >= 11 is 0. The van der Waals surface area contributed by atoms with Crippen LogP contribution in [-0.4, -0.2) is 5.78 Å². The number of ketones is 1. The van der Waals surface area contributed by atoms with E-state index in [9.17, 15) is 4.79 Å². The number of carbonyl (C=O) groups excluding carboxylic acids is 1. The third-order valence-electron chi connectivity index (χ3n) is 2.47. The van der Waals surface area contributed by atoms with Crippen molar-refractivity contribution < 1.29 is 4.79 Å². The van der Waals surface area contributed by atoms with Crippen molar-refractivity contribution in [3.63, 3.8) is 0 Å². The number of allylic oxidation sites excluding steroid dienone is 1. The first-order valence-electron chi connectivity index (χ1n) is 5.04. The summed E-state index contributed by atoms with van der Waals surface area (Å²) in [5, 5.41) is 0. The Bertz CT molecular complexity index is 373. The number of rotatable bonds is 3. The molecule has 0 bridgehead atoms. The predicted octanol–water partition coefficient (Wildman–Crippen LogP) is 3.17. The van der Waals surface area contributed by atoms with Crippen LogP contribution in [0, 0.1) is 0 Å². The highest BCUT2D eigenvalue weighted by Gasteiger charge is 2.22. The van der Waals surface area contributed by atoms with E-state index in [1.54, 1.807) is 13.0 Å². The van der Waals surface area contributed by atoms with Gasteiger partial charge in [0.1, 0.15) is 0 Å². The summed E-state index contributed by atoms with van der Waals surface area (Å²) in [6.45, 7) is 1.57. The minimum Gasteiger partial charge on any atom is -0.295 e. The molecule has 0 aliphatic heterocycles. The molecule has 0 N–H and O–H groups in total. The fourth-order valence-electron chi connectivity index (χ4n) is 1.55. The second-order valence-electron chi connectivity index (χ2n) is 3.89. The Balaban J connectivity index is 2.17. The van der Waals surface area contributed by atoms with Crippen molar-refractivity contribution in [3.8, 4) is 0 Å². The van der Waals surface area contributed by atoms with E-state index in [-0.39, 0.29) is 5.78 Å². The lowest BCUT2D eigenvalue weighted by Crippen LogP contribution is -1.82. The Morgan fingerprint density at radius 1 is 1.43 bits per heavy atom. The number of carbonyl (C=O) groups is 1. The van der Waals surface area contributed by atoms with Crippen LogP contribution in [0.1, 0.15) is 36.8 Å². The van der Waals surface area contributed by atoms with E-state index in [0.717, 1.165) is 11.5 Å². The molecular weight excluding hydrogens is 172 g/mol. The third-order valence-corrected chi connectivity index (χ3v) is 2.47. The Kier molecular flexibility index (Phi) is 2.49. The molecule has 0 spiro atoms. The lowest BCUT2D eigenvalue weighted by molar-refractivity contribution is -0.112. The lowest BCUT2D eigenvalue weighted by Gasteiger charge is -1.98. The van der Waals surface area contributed by atoms with Gasteiger partial charge in [0.05, 0.1) is 0 Å². The van der Waals surface area contributed by atoms with Crippen molar-refractivity contribution in [1.29, 1.82) is 0 Å². The van der Waals surface area contributed by atoms with Crippen LogP contribution in [0.15, 0.2) is 30.3 Å². The van der Waals surface area contributed by atoms with Crippen molar-refractivity contribution in [2.45, 2.75) is 25.7 Å². The minimum atomic E-state index is 0.0989. The highest BCUT2D eigenvalue weighted by Crippen LogP contribution is 2.40. The SMILES string of the molecule is CC(=O)C=Cc1cccc(C2CC2)c1. The summed E-state index contributed by atoms with van der Waals surface area (Å²) in [5.74, 6) is 0.877. The van der Waals surface area contributed by atoms with Crippen molar-refractivity contribution in [2.24, 2.45) is 0 Å². The fourth-order valence-corrected chi connectivity index (χ4v) is 1.55. The van der Waals surface area contributed by atoms with Gasteiger partial charge in [-0.1, -0.05) is 30.3 Å². The van der Waals surface area contributed by atoms with E-state index in [2.05, 4.69) is 18.2 Å². The van der Waals surface area contributed by atoms with Gasteiger partial charge < -0.3 is 0 Å². The standard InChI is InChI=1S/C13H14O/c1-10(14)5-6-11-3-2-4-13(9-11)12-7-8-12/h2-6,9,12H,7-8H2,1H3. The maximum Gasteiger partial charge on any atom is 0.152 e. The lowest BCUT2D eigenvalue weighted by atomic mass is 10.1. The molecule has 0 amide bonds. The van der Waals surface area contributed by atoms with Gasteiger partial charge in [-0.3, -0.25) is 4.79 Å². The molecule has 0 radical (unpaired) electrons. The molecular formula is C13H14O. The van der Waals surface area contributed by atoms with Gasteiger partial charge in [-0.25, -0.2) is 0 Å². The molecule has 72 valence electrons. The summed E-state index contributed by atoms with van der Waals surface area (Å²) in [6, 6.07) is 8.44. The Hall–Kier alpha value is -1.37. The predicted molar refractivity (Wildman–Crippen MR) is 58.1 cm³/mol. The molecule has 0 heterocycles. The largest absolute Gasteiger partial charge is 0.295 e. The molecule has 1 fully saturated rings. The quantitative estimate of drug-likeness (QED) is 0.663. The molecule has 2 rings (SSSR count). The van der Waals surface area contributed by atoms with E-state index < -0.39 is 0 Å². The van der Waals surface area contributed by atoms with Crippen LogP contribution in [0.4, 0.5) is 0 Å². The average Bonchev–Trinajstić information content (AvgIpc) is 2.98. The second-order valence-corrected chi connectivity index (χ2v) is 3.89. The topological polar surface area (TPSA) is 17.1 Å². The number of hydrogen-bond acceptors (Lipinski definition) is 1. The number of benzene rings is 1. The van der Waals surface area contributed by atoms with Crippen LogP contribution in [-0.2, 0) is 4.79 Å². The van der Waals surface area contributed by atoms with E-state index >= 15 is 0 Å². The van der Waals surface area contributed by atoms with Crippen LogP contribution in [0.5, 0.6) is 0 Å². The monoisotopic (exact) mass is 186 g/mol. The summed E-state index contributed by atoms with van der Waals surface area (Å²) < 4.78 is 0. The maximum atomic E-state index is 10.8. The molecule has 0 atom stereocenters. The molecule has 1 aromatic carbocycles. The van der Waals surface area contributed by atoms with Crippen molar-refractivity contribution in [3.05, 3.63) is 41.5 Å². The summed E-state index contributed by atoms with van der Waals surface area (Å²) in [7, 11) is 0. The Labute approximate surface area is 84.5 Å². The smallest absolute Gasteiger partial charge is 0.152 e. The van der Waals surface area contributed by atoms with Gasteiger partial charge in [0.25, 0.3) is 0 Å². The number of hydrogen-bond donors (Lipinski definition) is 0. The molecule has 0 aromatic heterocycles. The Morgan fingerprint density at radius 3 is 2.86 bits per heavy atom. The van der Waals surface area contributed by atoms with E-state index in [0.29, 0.717) is 0 Å². The first-order chi connectivity index (χ1) is 6.75. The molecule has 0 unspecified atom stereocenters. The molecule has 0 saturated heterocycles. The first kappa shape index (κ1) is 9.20. The summed E-state index contributed by atoms with van der Waals surface area (Å²) in [5.41, 5.74) is 2.54. The molecule has 1 aliphatic rings. The van der Waals surface area contributed by atoms with Gasteiger partial charge in [-0.05, 0) is 42.9 Å². The van der Waals surface area contributed by atoms with Crippen molar-refractivity contribution >= 4 is 11.9 Å². The van der Waals surface area contributed by atoms with Crippen LogP contribution < -0.4 is 0 Å². The molecule has 1 aliphatic carbocycles. The molecule has 1 nitrogen and oxygen atoms in total. The third kappa shape index (κ3) is 2.32. The van der Waals surface area contributed by atoms with Gasteiger partial charge in [0.2, 0.25) is 0 Å². The zero-order chi connectivity index (χ0) is 9.97. The molecule has 14 heavy (non-hydrogen) atoms. The van der Waals surface area contributed by atoms with Gasteiger partial charge in [0.15, 0.2) is 5.78 Å². The fraction of sp³-hybridized carbons (Fsp3) is 0.308.